The van der Waals surface area contributed by atoms with Gasteiger partial charge >= 0.3 is 0 Å². The van der Waals surface area contributed by atoms with Crippen molar-refractivity contribution in [1.29, 1.82) is 0 Å². The summed E-state index contributed by atoms with van der Waals surface area (Å²) in [7, 11) is -2.96. The highest BCUT2D eigenvalue weighted by Gasteiger charge is 2.35. The number of hydrogen-bond donors (Lipinski definition) is 2. The van der Waals surface area contributed by atoms with Gasteiger partial charge in [0.15, 0.2) is 9.84 Å². The Morgan fingerprint density at radius 1 is 1.40 bits per heavy atom. The molecule has 3 rings (SSSR count). The van der Waals surface area contributed by atoms with Crippen LogP contribution in [0.1, 0.15) is 44.7 Å². The fourth-order valence-electron chi connectivity index (χ4n) is 3.55. The second-order valence-electron chi connectivity index (χ2n) is 7.46. The number of nitrogen functional groups attached to an aromatic ring is 1. The molecule has 0 saturated carbocycles. The van der Waals surface area contributed by atoms with Gasteiger partial charge in [0.1, 0.15) is 11.4 Å². The van der Waals surface area contributed by atoms with E-state index >= 15 is 0 Å². The third-order valence-electron chi connectivity index (χ3n) is 4.63. The highest BCUT2D eigenvalue weighted by molar-refractivity contribution is 7.91. The molecular formula is C17H25ClN2O4S. The number of sulfone groups is 1. The summed E-state index contributed by atoms with van der Waals surface area (Å²) in [5.74, 6) is 0.836. The average molecular weight is 389 g/mol. The Morgan fingerprint density at radius 2 is 2.12 bits per heavy atom. The summed E-state index contributed by atoms with van der Waals surface area (Å²) in [6, 6.07) is 5.25. The van der Waals surface area contributed by atoms with E-state index in [-0.39, 0.29) is 48.2 Å². The second kappa shape index (κ2) is 7.03. The molecule has 0 aliphatic carbocycles. The van der Waals surface area contributed by atoms with Crippen LogP contribution in [0.25, 0.3) is 0 Å². The molecule has 6 nitrogen and oxygen atoms in total. The summed E-state index contributed by atoms with van der Waals surface area (Å²) < 4.78 is 29.0. The number of halogens is 1. The van der Waals surface area contributed by atoms with E-state index in [1.807, 2.05) is 26.0 Å². The van der Waals surface area contributed by atoms with E-state index in [2.05, 4.69) is 5.32 Å². The standard InChI is InChI=1S/C17H24N2O4S.ClH/c1-17(2)9-14(13-8-12(18)3-4-15(13)23-17)19-16(20)7-11-5-6-24(21,22)10-11;/h3-4,8,11,14H,5-7,9-10,18H2,1-2H3,(H,19,20);1H. The number of anilines is 1. The van der Waals surface area contributed by atoms with Crippen LogP contribution in [0.5, 0.6) is 5.75 Å². The Labute approximate surface area is 154 Å². The molecule has 0 spiro atoms. The number of amides is 1. The topological polar surface area (TPSA) is 98.5 Å². The van der Waals surface area contributed by atoms with E-state index in [4.69, 9.17) is 10.5 Å². The third-order valence-corrected chi connectivity index (χ3v) is 6.46. The molecule has 0 aromatic heterocycles. The Hall–Kier alpha value is -1.47. The first-order valence-electron chi connectivity index (χ1n) is 8.22. The number of rotatable bonds is 3. The molecule has 1 aromatic carbocycles. The van der Waals surface area contributed by atoms with Crippen molar-refractivity contribution in [2.24, 2.45) is 5.92 Å². The van der Waals surface area contributed by atoms with Crippen molar-refractivity contribution in [1.82, 2.24) is 5.32 Å². The molecule has 2 atom stereocenters. The van der Waals surface area contributed by atoms with Gasteiger partial charge in [0, 0.05) is 24.1 Å². The molecule has 2 aliphatic rings. The van der Waals surface area contributed by atoms with Crippen molar-refractivity contribution >= 4 is 33.8 Å². The van der Waals surface area contributed by atoms with Crippen LogP contribution >= 0.6 is 12.4 Å². The molecule has 2 aliphatic heterocycles. The van der Waals surface area contributed by atoms with E-state index < -0.39 is 15.4 Å². The van der Waals surface area contributed by atoms with Crippen molar-refractivity contribution in [3.8, 4) is 5.75 Å². The lowest BCUT2D eigenvalue weighted by Gasteiger charge is -2.38. The van der Waals surface area contributed by atoms with Gasteiger partial charge in [-0.05, 0) is 44.4 Å². The molecular weight excluding hydrogens is 364 g/mol. The van der Waals surface area contributed by atoms with Crippen molar-refractivity contribution < 1.29 is 17.9 Å². The SMILES string of the molecule is CC1(C)CC(NC(=O)CC2CCS(=O)(=O)C2)c2cc(N)ccc2O1.Cl. The van der Waals surface area contributed by atoms with Gasteiger partial charge in [0.2, 0.25) is 5.91 Å². The predicted octanol–water partition coefficient (Wildman–Crippen LogP) is 2.23. The zero-order valence-electron chi connectivity index (χ0n) is 14.4. The molecule has 1 fully saturated rings. The maximum absolute atomic E-state index is 12.4. The summed E-state index contributed by atoms with van der Waals surface area (Å²) in [5.41, 5.74) is 6.98. The van der Waals surface area contributed by atoms with Gasteiger partial charge in [-0.25, -0.2) is 8.42 Å². The zero-order chi connectivity index (χ0) is 17.5. The van der Waals surface area contributed by atoms with E-state index in [9.17, 15) is 13.2 Å². The minimum absolute atomic E-state index is 0. The van der Waals surface area contributed by atoms with Gasteiger partial charge in [-0.15, -0.1) is 12.4 Å². The first kappa shape index (κ1) is 19.8. The third kappa shape index (κ3) is 4.79. The molecule has 8 heteroatoms. The fraction of sp³-hybridized carbons (Fsp3) is 0.588. The monoisotopic (exact) mass is 388 g/mol. The first-order chi connectivity index (χ1) is 11.1. The molecule has 1 aromatic rings. The molecule has 0 bridgehead atoms. The number of benzene rings is 1. The van der Waals surface area contributed by atoms with Gasteiger partial charge in [-0.1, -0.05) is 0 Å². The van der Waals surface area contributed by atoms with E-state index in [1.165, 1.54) is 0 Å². The van der Waals surface area contributed by atoms with Crippen molar-refractivity contribution in [3.05, 3.63) is 23.8 Å². The molecule has 2 unspecified atom stereocenters. The number of ether oxygens (including phenoxy) is 1. The van der Waals surface area contributed by atoms with Crippen molar-refractivity contribution in [2.75, 3.05) is 17.2 Å². The number of nitrogens with two attached hydrogens (primary N) is 1. The Balaban J connectivity index is 0.00000225. The lowest BCUT2D eigenvalue weighted by atomic mass is 9.89. The largest absolute Gasteiger partial charge is 0.487 e. The van der Waals surface area contributed by atoms with Crippen LogP contribution in [0.15, 0.2) is 18.2 Å². The predicted molar refractivity (Wildman–Crippen MR) is 99.7 cm³/mol. The van der Waals surface area contributed by atoms with Crippen LogP contribution in [-0.4, -0.2) is 31.4 Å². The lowest BCUT2D eigenvalue weighted by Crippen LogP contribution is -2.41. The Morgan fingerprint density at radius 3 is 2.76 bits per heavy atom. The van der Waals surface area contributed by atoms with Crippen molar-refractivity contribution in [3.63, 3.8) is 0 Å². The lowest BCUT2D eigenvalue weighted by molar-refractivity contribution is -0.123. The summed E-state index contributed by atoms with van der Waals surface area (Å²) >= 11 is 0. The highest BCUT2D eigenvalue weighted by Crippen LogP contribution is 2.40. The Bertz CT molecular complexity index is 764. The van der Waals surface area contributed by atoms with Gasteiger partial charge < -0.3 is 15.8 Å². The van der Waals surface area contributed by atoms with E-state index in [1.54, 1.807) is 6.07 Å². The van der Waals surface area contributed by atoms with Crippen LogP contribution in [0.2, 0.25) is 0 Å². The summed E-state index contributed by atoms with van der Waals surface area (Å²) in [6.07, 6.45) is 1.45. The van der Waals surface area contributed by atoms with Crippen LogP contribution in [0, 0.1) is 5.92 Å². The highest BCUT2D eigenvalue weighted by atomic mass is 35.5. The number of nitrogens with one attached hydrogen (secondary N) is 1. The van der Waals surface area contributed by atoms with Crippen LogP contribution in [0.3, 0.4) is 0 Å². The van der Waals surface area contributed by atoms with Gasteiger partial charge in [0.05, 0.1) is 17.5 Å². The molecule has 3 N–H and O–H groups in total. The molecule has 25 heavy (non-hydrogen) atoms. The fourth-order valence-corrected chi connectivity index (χ4v) is 5.41. The van der Waals surface area contributed by atoms with E-state index in [0.29, 0.717) is 18.5 Å². The molecule has 1 amide bonds. The summed E-state index contributed by atoms with van der Waals surface area (Å²) in [5, 5.41) is 3.04. The zero-order valence-corrected chi connectivity index (χ0v) is 16.1. The van der Waals surface area contributed by atoms with Gasteiger partial charge in [0.25, 0.3) is 0 Å². The number of carbonyl (C=O) groups is 1. The number of hydrogen-bond acceptors (Lipinski definition) is 5. The van der Waals surface area contributed by atoms with Crippen LogP contribution in [0.4, 0.5) is 5.69 Å². The Kier molecular flexibility index (Phi) is 5.59. The van der Waals surface area contributed by atoms with E-state index in [0.717, 1.165) is 11.3 Å². The van der Waals surface area contributed by atoms with Crippen LogP contribution in [-0.2, 0) is 14.6 Å². The molecule has 2 heterocycles. The summed E-state index contributed by atoms with van der Waals surface area (Å²) in [4.78, 5) is 12.4. The minimum Gasteiger partial charge on any atom is -0.487 e. The molecule has 0 radical (unpaired) electrons. The average Bonchev–Trinajstić information content (AvgIpc) is 2.77. The minimum atomic E-state index is -2.96. The number of carbonyl (C=O) groups excluding carboxylic acids is 1. The van der Waals surface area contributed by atoms with Crippen LogP contribution < -0.4 is 15.8 Å². The maximum atomic E-state index is 12.4. The summed E-state index contributed by atoms with van der Waals surface area (Å²) in [6.45, 7) is 3.96. The molecule has 140 valence electrons. The molecule has 1 saturated heterocycles. The van der Waals surface area contributed by atoms with Crippen molar-refractivity contribution in [2.45, 2.75) is 44.8 Å². The van der Waals surface area contributed by atoms with Gasteiger partial charge in [-0.2, -0.15) is 0 Å². The smallest absolute Gasteiger partial charge is 0.220 e. The second-order valence-corrected chi connectivity index (χ2v) is 9.69. The number of fused-ring (bicyclic) bond motifs is 1. The maximum Gasteiger partial charge on any atom is 0.220 e. The first-order valence-corrected chi connectivity index (χ1v) is 10.0. The normalized spacial score (nSPS) is 26.0. The quantitative estimate of drug-likeness (QED) is 0.773. The van der Waals surface area contributed by atoms with Gasteiger partial charge in [-0.3, -0.25) is 4.79 Å².